The molecule has 4 rings (SSSR count). The van der Waals surface area contributed by atoms with Gasteiger partial charge in [0, 0.05) is 18.3 Å². The van der Waals surface area contributed by atoms with Crippen LogP contribution in [0, 0.1) is 0 Å². The highest BCUT2D eigenvalue weighted by molar-refractivity contribution is 7.59. The first kappa shape index (κ1) is 25.9. The van der Waals surface area contributed by atoms with Crippen molar-refractivity contribution in [2.45, 2.75) is 19.1 Å². The van der Waals surface area contributed by atoms with Crippen LogP contribution in [0.1, 0.15) is 39.4 Å². The summed E-state index contributed by atoms with van der Waals surface area (Å²) in [6.45, 7) is 1.85. The summed E-state index contributed by atoms with van der Waals surface area (Å²) in [5, 5.41) is 6.88. The molecule has 3 heterocycles. The van der Waals surface area contributed by atoms with Crippen LogP contribution in [0.15, 0.2) is 42.6 Å². The molecule has 0 bridgehead atoms. The zero-order chi connectivity index (χ0) is 24.6. The van der Waals surface area contributed by atoms with E-state index in [0.717, 1.165) is 19.2 Å². The highest BCUT2D eigenvalue weighted by Gasteiger charge is 2.38. The summed E-state index contributed by atoms with van der Waals surface area (Å²) in [7, 11) is 2.56. The van der Waals surface area contributed by atoms with Gasteiger partial charge in [-0.25, -0.2) is 0 Å². The first-order valence-corrected chi connectivity index (χ1v) is 10.1. The van der Waals surface area contributed by atoms with Crippen LogP contribution in [-0.2, 0) is 6.18 Å². The second-order valence-electron chi connectivity index (χ2n) is 7.53. The van der Waals surface area contributed by atoms with Crippen molar-refractivity contribution < 1.29 is 32.2 Å². The van der Waals surface area contributed by atoms with Crippen LogP contribution in [0.5, 0.6) is 11.6 Å². The maximum atomic E-state index is 13.3. The smallest absolute Gasteiger partial charge is 0.421 e. The van der Waals surface area contributed by atoms with E-state index in [9.17, 15) is 22.8 Å². The number of amides is 2. The number of halogens is 3. The predicted octanol–water partition coefficient (Wildman–Crippen LogP) is 3.90. The van der Waals surface area contributed by atoms with Crippen molar-refractivity contribution in [2.24, 2.45) is 0 Å². The van der Waals surface area contributed by atoms with E-state index >= 15 is 0 Å². The number of fused-ring (bicyclic) bond motifs is 1. The molecule has 1 aliphatic rings. The van der Waals surface area contributed by atoms with Crippen LogP contribution in [0.2, 0.25) is 0 Å². The van der Waals surface area contributed by atoms with Crippen molar-refractivity contribution in [3.8, 4) is 11.6 Å². The van der Waals surface area contributed by atoms with Crippen molar-refractivity contribution in [3.05, 3.63) is 59.4 Å². The second kappa shape index (κ2) is 9.86. The molecular weight excluding hydrogens is 487 g/mol. The molecule has 3 aromatic rings. The average molecular weight is 510 g/mol. The molecule has 0 saturated heterocycles. The van der Waals surface area contributed by atoms with Crippen LogP contribution in [0.4, 0.5) is 24.7 Å². The summed E-state index contributed by atoms with van der Waals surface area (Å²) in [5.74, 6) is -1.35. The number of hydrogen-bond donors (Lipinski definition) is 1. The maximum absolute atomic E-state index is 13.3. The quantitative estimate of drug-likeness (QED) is 0.560. The van der Waals surface area contributed by atoms with Gasteiger partial charge in [-0.3, -0.25) is 19.2 Å². The zero-order valence-corrected chi connectivity index (χ0v) is 19.9. The van der Waals surface area contributed by atoms with Gasteiger partial charge in [0.05, 0.1) is 32.0 Å². The molecule has 35 heavy (non-hydrogen) atoms. The molecule has 0 spiro atoms. The Morgan fingerprint density at radius 2 is 1.91 bits per heavy atom. The third-order valence-electron chi connectivity index (χ3n) is 5.30. The van der Waals surface area contributed by atoms with E-state index in [-0.39, 0.29) is 43.2 Å². The Kier molecular flexibility index (Phi) is 7.29. The molecule has 13 heteroatoms. The predicted molar refractivity (Wildman–Crippen MR) is 126 cm³/mol. The number of benzene rings is 1. The number of anilines is 2. The summed E-state index contributed by atoms with van der Waals surface area (Å²) in [5.41, 5.74) is -0.589. The summed E-state index contributed by atoms with van der Waals surface area (Å²) in [6.07, 6.45) is -3.39. The molecule has 0 unspecified atom stereocenters. The van der Waals surface area contributed by atoms with Gasteiger partial charge in [0.15, 0.2) is 0 Å². The summed E-state index contributed by atoms with van der Waals surface area (Å²) < 4.78 is 51.0. The van der Waals surface area contributed by atoms with E-state index in [1.807, 2.05) is 0 Å². The van der Waals surface area contributed by atoms with Crippen molar-refractivity contribution in [2.75, 3.05) is 31.0 Å². The molecule has 1 atom stereocenters. The topological polar surface area (TPSA) is 98.6 Å². The van der Waals surface area contributed by atoms with E-state index < -0.39 is 29.4 Å². The Hall–Kier alpha value is -3.74. The van der Waals surface area contributed by atoms with Crippen LogP contribution in [0.25, 0.3) is 0 Å². The number of nitrogens with zero attached hydrogens (tertiary/aromatic N) is 4. The lowest BCUT2D eigenvalue weighted by molar-refractivity contribution is -0.139. The average Bonchev–Trinajstić information content (AvgIpc) is 3.27. The van der Waals surface area contributed by atoms with Crippen LogP contribution >= 0.6 is 13.5 Å². The first-order chi connectivity index (χ1) is 16.1. The summed E-state index contributed by atoms with van der Waals surface area (Å²) in [6, 6.07) is 8.21. The number of carbonyl (C=O) groups is 2. The van der Waals surface area contributed by atoms with Crippen molar-refractivity contribution in [1.82, 2.24) is 14.8 Å². The molecule has 0 aliphatic carbocycles. The Bertz CT molecular complexity index is 1260. The van der Waals surface area contributed by atoms with Gasteiger partial charge in [-0.05, 0) is 31.2 Å². The number of nitrogens with one attached hydrogen (secondary N) is 1. The molecule has 0 fully saturated rings. The zero-order valence-electron chi connectivity index (χ0n) is 18.9. The van der Waals surface area contributed by atoms with Gasteiger partial charge in [0.1, 0.15) is 22.8 Å². The Labute approximate surface area is 205 Å². The van der Waals surface area contributed by atoms with Crippen LogP contribution in [0.3, 0.4) is 0 Å². The molecule has 2 aromatic heterocycles. The first-order valence-electron chi connectivity index (χ1n) is 10.1. The van der Waals surface area contributed by atoms with E-state index in [2.05, 4.69) is 15.4 Å². The van der Waals surface area contributed by atoms with Gasteiger partial charge < -0.3 is 14.8 Å². The van der Waals surface area contributed by atoms with E-state index in [0.29, 0.717) is 11.4 Å². The number of ether oxygens (including phenoxy) is 2. The Balaban J connectivity index is 0.00000342. The number of rotatable bonds is 5. The molecule has 0 radical (unpaired) electrons. The van der Waals surface area contributed by atoms with Gasteiger partial charge in [-0.15, -0.1) is 0 Å². The maximum Gasteiger partial charge on any atom is 0.421 e. The number of pyridine rings is 1. The molecule has 1 aromatic carbocycles. The molecule has 1 N–H and O–H groups in total. The number of alkyl halides is 3. The number of hydrogen-bond acceptors (Lipinski definition) is 6. The van der Waals surface area contributed by atoms with Gasteiger partial charge >= 0.3 is 6.18 Å². The fraction of sp³-hybridized carbons (Fsp3) is 0.273. The molecule has 0 saturated carbocycles. The number of carbonyl (C=O) groups excluding carboxylic acids is 2. The lowest BCUT2D eigenvalue weighted by Crippen LogP contribution is -2.44. The van der Waals surface area contributed by atoms with Gasteiger partial charge in [-0.1, -0.05) is 6.07 Å². The molecule has 9 nitrogen and oxygen atoms in total. The number of methoxy groups -OCH3 is 2. The third kappa shape index (κ3) is 4.90. The highest BCUT2D eigenvalue weighted by atomic mass is 32.1. The summed E-state index contributed by atoms with van der Waals surface area (Å²) in [4.78, 5) is 31.4. The Morgan fingerprint density at radius 1 is 1.17 bits per heavy atom. The second-order valence-corrected chi connectivity index (χ2v) is 7.53. The molecule has 2 amide bonds. The molecule has 1 aliphatic heterocycles. The van der Waals surface area contributed by atoms with Crippen molar-refractivity contribution >= 4 is 36.8 Å². The Morgan fingerprint density at radius 3 is 2.57 bits per heavy atom. The van der Waals surface area contributed by atoms with Crippen LogP contribution in [-0.4, -0.2) is 47.3 Å². The SMILES string of the molecule is COc1cccc(NC(=O)c2cnn3c2C(=O)N(c2ccc(C(F)(F)F)c(OC)n2)C[C@@H]3C)c1.S. The third-order valence-corrected chi connectivity index (χ3v) is 5.30. The van der Waals surface area contributed by atoms with Gasteiger partial charge in [-0.2, -0.15) is 36.7 Å². The fourth-order valence-electron chi connectivity index (χ4n) is 3.68. The minimum Gasteiger partial charge on any atom is -0.497 e. The molecular formula is C22H22F3N5O4S. The van der Waals surface area contributed by atoms with E-state index in [1.165, 1.54) is 22.9 Å². The monoisotopic (exact) mass is 509 g/mol. The lowest BCUT2D eigenvalue weighted by Gasteiger charge is -2.31. The highest BCUT2D eigenvalue weighted by Crippen LogP contribution is 2.37. The van der Waals surface area contributed by atoms with Crippen molar-refractivity contribution in [1.29, 1.82) is 0 Å². The standard InChI is InChI=1S/C22H20F3N5O4.H2S/c1-12-11-29(17-8-7-16(22(23,24)25)20(28-17)34-3)21(32)18-15(10-26-30(12)18)19(31)27-13-5-4-6-14(9-13)33-2;/h4-10,12H,11H2,1-3H3,(H,27,31);1H2/t12-;/m0./s1. The van der Waals surface area contributed by atoms with E-state index in [1.54, 1.807) is 31.2 Å². The lowest BCUT2D eigenvalue weighted by atomic mass is 10.1. The van der Waals surface area contributed by atoms with Gasteiger partial charge in [0.25, 0.3) is 11.8 Å². The largest absolute Gasteiger partial charge is 0.497 e. The minimum atomic E-state index is -4.67. The number of aromatic nitrogens is 3. The summed E-state index contributed by atoms with van der Waals surface area (Å²) >= 11 is 0. The van der Waals surface area contributed by atoms with E-state index in [4.69, 9.17) is 9.47 Å². The minimum absolute atomic E-state index is 0. The van der Waals surface area contributed by atoms with Gasteiger partial charge in [0.2, 0.25) is 5.88 Å². The van der Waals surface area contributed by atoms with Crippen molar-refractivity contribution in [3.63, 3.8) is 0 Å². The van der Waals surface area contributed by atoms with Crippen LogP contribution < -0.4 is 19.7 Å². The fourth-order valence-corrected chi connectivity index (χ4v) is 3.68. The normalized spacial score (nSPS) is 15.2. The molecule has 186 valence electrons.